The minimum atomic E-state index is -0.192. The van der Waals surface area contributed by atoms with Gasteiger partial charge in [0.1, 0.15) is 6.61 Å². The third-order valence-electron chi connectivity index (χ3n) is 3.81. The Labute approximate surface area is 146 Å². The van der Waals surface area contributed by atoms with Gasteiger partial charge in [0.05, 0.1) is 5.39 Å². The minimum Gasteiger partial charge on any atom is -0.404 e. The van der Waals surface area contributed by atoms with E-state index in [2.05, 4.69) is 4.98 Å². The second-order valence-electron chi connectivity index (χ2n) is 5.28. The molecule has 0 aliphatic rings. The van der Waals surface area contributed by atoms with Crippen molar-refractivity contribution < 1.29 is 4.84 Å². The molecule has 4 heteroatoms. The molecule has 0 amide bonds. The predicted molar refractivity (Wildman–Crippen MR) is 102 cm³/mol. The summed E-state index contributed by atoms with van der Waals surface area (Å²) in [5, 5.41) is 2.41. The molecular weight excluding hydrogens is 312 g/mol. The molecule has 4 nitrogen and oxygen atoms in total. The SMILES string of the molecule is CC.O=c1c2ccccc2c2cccnc2n1OCc1ccccc1. The number of aromatic nitrogens is 2. The van der Waals surface area contributed by atoms with Gasteiger partial charge in [0.2, 0.25) is 0 Å². The largest absolute Gasteiger partial charge is 0.404 e. The first-order valence-corrected chi connectivity index (χ1v) is 8.40. The maximum atomic E-state index is 12.8. The van der Waals surface area contributed by atoms with E-state index < -0.39 is 0 Å². The second-order valence-corrected chi connectivity index (χ2v) is 5.28. The molecule has 0 N–H and O–H groups in total. The highest BCUT2D eigenvalue weighted by molar-refractivity contribution is 6.04. The quantitative estimate of drug-likeness (QED) is 0.528. The summed E-state index contributed by atoms with van der Waals surface area (Å²) >= 11 is 0. The zero-order valence-electron chi connectivity index (χ0n) is 14.3. The van der Waals surface area contributed by atoms with E-state index >= 15 is 0 Å². The maximum Gasteiger partial charge on any atom is 0.292 e. The lowest BCUT2D eigenvalue weighted by Crippen LogP contribution is -2.27. The highest BCUT2D eigenvalue weighted by atomic mass is 16.7. The standard InChI is InChI=1S/C19H14N2O2.C2H6/c22-19-17-10-5-4-9-15(17)16-11-6-12-20-18(16)21(19)23-13-14-7-2-1-3-8-14;1-2/h1-12H,13H2;1-2H3. The van der Waals surface area contributed by atoms with Crippen LogP contribution in [0.4, 0.5) is 0 Å². The lowest BCUT2D eigenvalue weighted by Gasteiger charge is -2.13. The van der Waals surface area contributed by atoms with Crippen LogP contribution >= 0.6 is 0 Å². The van der Waals surface area contributed by atoms with Gasteiger partial charge in [0.25, 0.3) is 5.56 Å². The lowest BCUT2D eigenvalue weighted by atomic mass is 10.1. The van der Waals surface area contributed by atoms with Gasteiger partial charge in [-0.1, -0.05) is 62.4 Å². The molecule has 2 aromatic heterocycles. The molecule has 4 rings (SSSR count). The van der Waals surface area contributed by atoms with Gasteiger partial charge in [-0.15, -0.1) is 4.73 Å². The van der Waals surface area contributed by atoms with Crippen molar-refractivity contribution in [1.82, 2.24) is 9.71 Å². The van der Waals surface area contributed by atoms with Crippen molar-refractivity contribution in [2.45, 2.75) is 20.5 Å². The van der Waals surface area contributed by atoms with Gasteiger partial charge in [0, 0.05) is 11.6 Å². The Morgan fingerprint density at radius 1 is 0.840 bits per heavy atom. The van der Waals surface area contributed by atoms with Crippen LogP contribution in [0.25, 0.3) is 21.8 Å². The predicted octanol–water partition coefficient (Wildman–Crippen LogP) is 4.20. The fourth-order valence-electron chi connectivity index (χ4n) is 2.71. The average molecular weight is 332 g/mol. The Morgan fingerprint density at radius 2 is 1.48 bits per heavy atom. The van der Waals surface area contributed by atoms with Gasteiger partial charge in [-0.3, -0.25) is 4.79 Å². The van der Waals surface area contributed by atoms with Crippen LogP contribution in [0.2, 0.25) is 0 Å². The number of rotatable bonds is 3. The molecule has 0 bridgehead atoms. The van der Waals surface area contributed by atoms with Crippen molar-refractivity contribution in [3.05, 3.63) is 88.8 Å². The summed E-state index contributed by atoms with van der Waals surface area (Å²) < 4.78 is 1.30. The van der Waals surface area contributed by atoms with Crippen molar-refractivity contribution in [2.24, 2.45) is 0 Å². The van der Waals surface area contributed by atoms with E-state index in [-0.39, 0.29) is 5.56 Å². The molecule has 2 heterocycles. The van der Waals surface area contributed by atoms with Crippen molar-refractivity contribution >= 4 is 21.8 Å². The Hall–Kier alpha value is -3.14. The first-order valence-electron chi connectivity index (χ1n) is 8.40. The number of hydrogen-bond donors (Lipinski definition) is 0. The molecule has 4 aromatic rings. The van der Waals surface area contributed by atoms with Gasteiger partial charge >= 0.3 is 0 Å². The van der Waals surface area contributed by atoms with Crippen LogP contribution in [0.5, 0.6) is 0 Å². The molecule has 0 radical (unpaired) electrons. The number of nitrogens with zero attached hydrogens (tertiary/aromatic N) is 2. The lowest BCUT2D eigenvalue weighted by molar-refractivity contribution is 0.0990. The van der Waals surface area contributed by atoms with Crippen LogP contribution in [0.1, 0.15) is 19.4 Å². The summed E-state index contributed by atoms with van der Waals surface area (Å²) in [5.41, 5.74) is 1.34. The first-order chi connectivity index (χ1) is 12.3. The molecule has 0 saturated carbocycles. The van der Waals surface area contributed by atoms with Gasteiger partial charge < -0.3 is 4.84 Å². The molecule has 2 aromatic carbocycles. The van der Waals surface area contributed by atoms with Crippen molar-refractivity contribution in [1.29, 1.82) is 0 Å². The van der Waals surface area contributed by atoms with E-state index in [4.69, 9.17) is 4.84 Å². The summed E-state index contributed by atoms with van der Waals surface area (Å²) in [5.74, 6) is 0. The molecule has 0 aliphatic heterocycles. The van der Waals surface area contributed by atoms with Gasteiger partial charge in [-0.25, -0.2) is 4.98 Å². The summed E-state index contributed by atoms with van der Waals surface area (Å²) in [6.45, 7) is 4.31. The van der Waals surface area contributed by atoms with Gasteiger partial charge in [0.15, 0.2) is 5.65 Å². The normalized spacial score (nSPS) is 10.3. The van der Waals surface area contributed by atoms with E-state index in [9.17, 15) is 4.79 Å². The average Bonchev–Trinajstić information content (AvgIpc) is 2.70. The Kier molecular flexibility index (Phi) is 5.09. The van der Waals surface area contributed by atoms with Gasteiger partial charge in [-0.2, -0.15) is 0 Å². The fourth-order valence-corrected chi connectivity index (χ4v) is 2.71. The van der Waals surface area contributed by atoms with Crippen LogP contribution < -0.4 is 10.4 Å². The monoisotopic (exact) mass is 332 g/mol. The van der Waals surface area contributed by atoms with E-state index in [1.807, 2.05) is 80.6 Å². The van der Waals surface area contributed by atoms with Crippen LogP contribution in [0.3, 0.4) is 0 Å². The van der Waals surface area contributed by atoms with E-state index in [1.54, 1.807) is 6.20 Å². The molecule has 0 spiro atoms. The third kappa shape index (κ3) is 3.24. The number of benzene rings is 2. The Morgan fingerprint density at radius 3 is 2.24 bits per heavy atom. The molecule has 25 heavy (non-hydrogen) atoms. The summed E-state index contributed by atoms with van der Waals surface area (Å²) in [6, 6.07) is 21.1. The summed E-state index contributed by atoms with van der Waals surface area (Å²) in [4.78, 5) is 22.9. The topological polar surface area (TPSA) is 44.1 Å². The first kappa shape index (κ1) is 16.7. The summed E-state index contributed by atoms with van der Waals surface area (Å²) in [6.07, 6.45) is 1.67. The maximum absolute atomic E-state index is 12.8. The van der Waals surface area contributed by atoms with E-state index in [0.717, 1.165) is 16.3 Å². The Balaban J connectivity index is 0.000000880. The zero-order valence-corrected chi connectivity index (χ0v) is 14.3. The van der Waals surface area contributed by atoms with Crippen LogP contribution in [0.15, 0.2) is 77.7 Å². The van der Waals surface area contributed by atoms with Crippen molar-refractivity contribution in [3.8, 4) is 0 Å². The highest BCUT2D eigenvalue weighted by Gasteiger charge is 2.12. The van der Waals surface area contributed by atoms with Crippen molar-refractivity contribution in [2.75, 3.05) is 0 Å². The second kappa shape index (κ2) is 7.62. The molecule has 0 unspecified atom stereocenters. The Bertz CT molecular complexity index is 1040. The molecule has 126 valence electrons. The molecular formula is C21H20N2O2. The highest BCUT2D eigenvalue weighted by Crippen LogP contribution is 2.20. The van der Waals surface area contributed by atoms with Crippen LogP contribution in [0, 0.1) is 0 Å². The van der Waals surface area contributed by atoms with Crippen LogP contribution in [-0.2, 0) is 6.61 Å². The molecule has 0 atom stereocenters. The third-order valence-corrected chi connectivity index (χ3v) is 3.81. The molecule has 0 saturated heterocycles. The van der Waals surface area contributed by atoms with E-state index in [0.29, 0.717) is 17.6 Å². The number of pyridine rings is 2. The zero-order chi connectivity index (χ0) is 17.6. The minimum absolute atomic E-state index is 0.192. The summed E-state index contributed by atoms with van der Waals surface area (Å²) in [7, 11) is 0. The molecule has 0 aliphatic carbocycles. The molecule has 0 fully saturated rings. The van der Waals surface area contributed by atoms with Gasteiger partial charge in [-0.05, 0) is 29.1 Å². The van der Waals surface area contributed by atoms with Crippen LogP contribution in [-0.4, -0.2) is 9.71 Å². The fraction of sp³-hybridized carbons (Fsp3) is 0.143. The smallest absolute Gasteiger partial charge is 0.292 e. The number of fused-ring (bicyclic) bond motifs is 3. The van der Waals surface area contributed by atoms with Crippen molar-refractivity contribution in [3.63, 3.8) is 0 Å². The number of hydrogen-bond acceptors (Lipinski definition) is 3. The van der Waals surface area contributed by atoms with E-state index in [1.165, 1.54) is 4.73 Å².